The highest BCUT2D eigenvalue weighted by molar-refractivity contribution is 4.73. The molecule has 2 rings (SSSR count). The maximum atomic E-state index is 5.32. The van der Waals surface area contributed by atoms with E-state index in [0.29, 0.717) is 0 Å². The molecule has 0 saturated carbocycles. The molecule has 1 aromatic heterocycles. The van der Waals surface area contributed by atoms with Crippen LogP contribution in [-0.2, 0) is 11.3 Å². The van der Waals surface area contributed by atoms with Crippen molar-refractivity contribution in [3.05, 3.63) is 18.7 Å². The van der Waals surface area contributed by atoms with Crippen molar-refractivity contribution in [1.82, 2.24) is 19.8 Å². The standard InChI is InChI=1S/C12H22N4O/c1(5-16-7-4-14-12-16)2-13-3-6-15-8-10-17-11-9-15/h4,7,12-13H,1-3,5-6,8-11H2. The van der Waals surface area contributed by atoms with Gasteiger partial charge < -0.3 is 14.6 Å². The summed E-state index contributed by atoms with van der Waals surface area (Å²) in [5.74, 6) is 0. The van der Waals surface area contributed by atoms with Crippen LogP contribution in [0.3, 0.4) is 0 Å². The minimum absolute atomic E-state index is 0.890. The van der Waals surface area contributed by atoms with Gasteiger partial charge in [-0.1, -0.05) is 0 Å². The fourth-order valence-corrected chi connectivity index (χ4v) is 1.99. The Morgan fingerprint density at radius 2 is 2.06 bits per heavy atom. The number of morpholine rings is 1. The van der Waals surface area contributed by atoms with E-state index in [-0.39, 0.29) is 0 Å². The molecule has 96 valence electrons. The number of imidazole rings is 1. The molecule has 0 atom stereocenters. The number of hydrogen-bond donors (Lipinski definition) is 1. The summed E-state index contributed by atoms with van der Waals surface area (Å²) in [4.78, 5) is 6.47. The third-order valence-corrected chi connectivity index (χ3v) is 3.04. The second-order valence-electron chi connectivity index (χ2n) is 4.36. The van der Waals surface area contributed by atoms with Crippen molar-refractivity contribution in [2.45, 2.75) is 13.0 Å². The second-order valence-corrected chi connectivity index (χ2v) is 4.36. The largest absolute Gasteiger partial charge is 0.379 e. The topological polar surface area (TPSA) is 42.3 Å². The number of hydrogen-bond acceptors (Lipinski definition) is 4. The molecule has 1 aliphatic heterocycles. The van der Waals surface area contributed by atoms with Crippen LogP contribution >= 0.6 is 0 Å². The zero-order chi connectivity index (χ0) is 11.8. The van der Waals surface area contributed by atoms with E-state index in [4.69, 9.17) is 4.74 Å². The SMILES string of the molecule is c1cn(CCCNCCN2CCOCC2)cn1. The van der Waals surface area contributed by atoms with Gasteiger partial charge in [0.2, 0.25) is 0 Å². The molecule has 1 aliphatic rings. The van der Waals surface area contributed by atoms with Crippen molar-refractivity contribution in [2.24, 2.45) is 0 Å². The Morgan fingerprint density at radius 1 is 1.18 bits per heavy atom. The van der Waals surface area contributed by atoms with E-state index in [1.165, 1.54) is 0 Å². The number of nitrogens with one attached hydrogen (secondary N) is 1. The maximum absolute atomic E-state index is 5.32. The minimum atomic E-state index is 0.890. The first kappa shape index (κ1) is 12.5. The van der Waals surface area contributed by atoms with Gasteiger partial charge in [-0.2, -0.15) is 0 Å². The van der Waals surface area contributed by atoms with Crippen LogP contribution in [0.4, 0.5) is 0 Å². The second kappa shape index (κ2) is 7.42. The quantitative estimate of drug-likeness (QED) is 0.689. The molecule has 1 N–H and O–H groups in total. The molecule has 1 aromatic rings. The van der Waals surface area contributed by atoms with Crippen LogP contribution in [0.2, 0.25) is 0 Å². The molecule has 0 bridgehead atoms. The molecule has 0 amide bonds. The average Bonchev–Trinajstić information content (AvgIpc) is 2.88. The number of rotatable bonds is 7. The van der Waals surface area contributed by atoms with Gasteiger partial charge in [-0.3, -0.25) is 4.90 Å². The van der Waals surface area contributed by atoms with E-state index in [2.05, 4.69) is 19.8 Å². The van der Waals surface area contributed by atoms with Crippen LogP contribution in [0.1, 0.15) is 6.42 Å². The highest BCUT2D eigenvalue weighted by Gasteiger charge is 2.08. The summed E-state index contributed by atoms with van der Waals surface area (Å²) >= 11 is 0. The molecule has 0 radical (unpaired) electrons. The van der Waals surface area contributed by atoms with Crippen molar-refractivity contribution < 1.29 is 4.74 Å². The van der Waals surface area contributed by atoms with E-state index in [1.807, 2.05) is 18.7 Å². The van der Waals surface area contributed by atoms with Gasteiger partial charge in [0.05, 0.1) is 19.5 Å². The van der Waals surface area contributed by atoms with E-state index in [1.54, 1.807) is 0 Å². The van der Waals surface area contributed by atoms with Gasteiger partial charge in [0.15, 0.2) is 0 Å². The van der Waals surface area contributed by atoms with Crippen molar-refractivity contribution in [3.8, 4) is 0 Å². The third-order valence-electron chi connectivity index (χ3n) is 3.04. The van der Waals surface area contributed by atoms with E-state index in [9.17, 15) is 0 Å². The van der Waals surface area contributed by atoms with Gasteiger partial charge in [-0.15, -0.1) is 0 Å². The van der Waals surface area contributed by atoms with Crippen LogP contribution < -0.4 is 5.32 Å². The van der Waals surface area contributed by atoms with Gasteiger partial charge in [-0.25, -0.2) is 4.98 Å². The first-order valence-corrected chi connectivity index (χ1v) is 6.42. The number of aromatic nitrogens is 2. The molecule has 5 nitrogen and oxygen atoms in total. The summed E-state index contributed by atoms with van der Waals surface area (Å²) in [7, 11) is 0. The van der Waals surface area contributed by atoms with Crippen molar-refractivity contribution in [3.63, 3.8) is 0 Å². The van der Waals surface area contributed by atoms with Crippen molar-refractivity contribution >= 4 is 0 Å². The van der Waals surface area contributed by atoms with Gasteiger partial charge in [0, 0.05) is 45.1 Å². The lowest BCUT2D eigenvalue weighted by molar-refractivity contribution is 0.0384. The summed E-state index contributed by atoms with van der Waals surface area (Å²) in [5.41, 5.74) is 0. The number of aryl methyl sites for hydroxylation is 1. The molecule has 1 fully saturated rings. The van der Waals surface area contributed by atoms with Crippen molar-refractivity contribution in [2.75, 3.05) is 45.9 Å². The molecule has 1 saturated heterocycles. The molecule has 2 heterocycles. The fraction of sp³-hybridized carbons (Fsp3) is 0.750. The Labute approximate surface area is 103 Å². The highest BCUT2D eigenvalue weighted by atomic mass is 16.5. The lowest BCUT2D eigenvalue weighted by atomic mass is 10.4. The Morgan fingerprint density at radius 3 is 2.82 bits per heavy atom. The highest BCUT2D eigenvalue weighted by Crippen LogP contribution is 1.95. The van der Waals surface area contributed by atoms with Gasteiger partial charge in [0.25, 0.3) is 0 Å². The van der Waals surface area contributed by atoms with Crippen LogP contribution in [0.25, 0.3) is 0 Å². The van der Waals surface area contributed by atoms with Crippen LogP contribution in [0.15, 0.2) is 18.7 Å². The third kappa shape index (κ3) is 4.85. The summed E-state index contributed by atoms with van der Waals surface area (Å²) in [6, 6.07) is 0. The summed E-state index contributed by atoms with van der Waals surface area (Å²) in [5, 5.41) is 3.48. The predicted octanol–water partition coefficient (Wildman–Crippen LogP) is 0.195. The lowest BCUT2D eigenvalue weighted by Gasteiger charge is -2.26. The number of ether oxygens (including phenoxy) is 1. The van der Waals surface area contributed by atoms with Gasteiger partial charge in [-0.05, 0) is 13.0 Å². The van der Waals surface area contributed by atoms with E-state index >= 15 is 0 Å². The molecule has 0 aliphatic carbocycles. The maximum Gasteiger partial charge on any atom is 0.0945 e. The van der Waals surface area contributed by atoms with Crippen LogP contribution in [0, 0.1) is 0 Å². The Bertz CT molecular complexity index is 283. The molecule has 0 unspecified atom stereocenters. The molecular weight excluding hydrogens is 216 g/mol. The van der Waals surface area contributed by atoms with Crippen molar-refractivity contribution in [1.29, 1.82) is 0 Å². The summed E-state index contributed by atoms with van der Waals surface area (Å²) in [6.45, 7) is 8.26. The Balaban J connectivity index is 1.43. The van der Waals surface area contributed by atoms with Crippen LogP contribution in [-0.4, -0.2) is 60.4 Å². The molecule has 0 spiro atoms. The first-order valence-electron chi connectivity index (χ1n) is 6.42. The normalized spacial score (nSPS) is 17.4. The van der Waals surface area contributed by atoms with E-state index < -0.39 is 0 Å². The zero-order valence-electron chi connectivity index (χ0n) is 10.3. The summed E-state index contributed by atoms with van der Waals surface area (Å²) < 4.78 is 7.43. The molecular formula is C12H22N4O. The molecule has 17 heavy (non-hydrogen) atoms. The molecule has 0 aromatic carbocycles. The average molecular weight is 238 g/mol. The van der Waals surface area contributed by atoms with E-state index in [0.717, 1.165) is 58.9 Å². The minimum Gasteiger partial charge on any atom is -0.379 e. The fourth-order valence-electron chi connectivity index (χ4n) is 1.99. The predicted molar refractivity (Wildman–Crippen MR) is 67.0 cm³/mol. The molecule has 5 heteroatoms. The lowest BCUT2D eigenvalue weighted by Crippen LogP contribution is -2.40. The smallest absolute Gasteiger partial charge is 0.0945 e. The van der Waals surface area contributed by atoms with Gasteiger partial charge >= 0.3 is 0 Å². The van der Waals surface area contributed by atoms with Gasteiger partial charge in [0.1, 0.15) is 0 Å². The first-order chi connectivity index (χ1) is 8.45. The zero-order valence-corrected chi connectivity index (χ0v) is 10.3. The Hall–Kier alpha value is -0.910. The summed E-state index contributed by atoms with van der Waals surface area (Å²) in [6.07, 6.45) is 6.85. The van der Waals surface area contributed by atoms with Crippen LogP contribution in [0.5, 0.6) is 0 Å². The number of nitrogens with zero attached hydrogens (tertiary/aromatic N) is 3. The Kier molecular flexibility index (Phi) is 5.48. The monoisotopic (exact) mass is 238 g/mol.